The number of aryl methyl sites for hydroxylation is 1. The molecular weight excluding hydrogens is 396 g/mol. The van der Waals surface area contributed by atoms with Crippen LogP contribution in [-0.4, -0.2) is 33.4 Å². The number of nitrogens with one attached hydrogen (secondary N) is 1. The smallest absolute Gasteiger partial charge is 0.234 e. The summed E-state index contributed by atoms with van der Waals surface area (Å²) in [5, 5.41) is 8.41. The lowest BCUT2D eigenvalue weighted by Crippen LogP contribution is -2.15. The molecule has 0 saturated heterocycles. The van der Waals surface area contributed by atoms with Crippen LogP contribution in [0.3, 0.4) is 0 Å². The lowest BCUT2D eigenvalue weighted by atomic mass is 10.1. The Kier molecular flexibility index (Phi) is 5.99. The molecule has 0 saturated carbocycles. The van der Waals surface area contributed by atoms with Crippen molar-refractivity contribution in [3.63, 3.8) is 0 Å². The molecule has 7 heteroatoms. The number of fused-ring (bicyclic) bond motifs is 1. The standard InChI is InChI=1S/C23H22N4O2S/c1-3-16-8-4-6-10-18(16)25-22(28)15-30-23-20-14-19(26-27(20)13-12-24-23)17-9-5-7-11-21(17)29-2/h4-14H,3,15H2,1-2H3,(H,25,28). The maximum absolute atomic E-state index is 12.5. The second kappa shape index (κ2) is 9.00. The van der Waals surface area contributed by atoms with Gasteiger partial charge in [-0.05, 0) is 36.2 Å². The number of hydrogen-bond donors (Lipinski definition) is 1. The molecule has 0 aliphatic rings. The zero-order valence-corrected chi connectivity index (χ0v) is 17.6. The molecule has 2 aromatic carbocycles. The molecule has 30 heavy (non-hydrogen) atoms. The summed E-state index contributed by atoms with van der Waals surface area (Å²) in [6, 6.07) is 17.6. The van der Waals surface area contributed by atoms with E-state index in [1.807, 2.05) is 54.6 Å². The van der Waals surface area contributed by atoms with Gasteiger partial charge in [-0.1, -0.05) is 49.0 Å². The summed E-state index contributed by atoms with van der Waals surface area (Å²) < 4.78 is 7.24. The topological polar surface area (TPSA) is 68.5 Å². The number of carbonyl (C=O) groups excluding carboxylic acids is 1. The van der Waals surface area contributed by atoms with Gasteiger partial charge in [-0.25, -0.2) is 9.50 Å². The van der Waals surface area contributed by atoms with Crippen LogP contribution in [0.15, 0.2) is 72.0 Å². The number of ether oxygens (including phenoxy) is 1. The van der Waals surface area contributed by atoms with E-state index in [1.165, 1.54) is 11.8 Å². The monoisotopic (exact) mass is 418 g/mol. The second-order valence-corrected chi connectivity index (χ2v) is 7.60. The van der Waals surface area contributed by atoms with E-state index in [-0.39, 0.29) is 11.7 Å². The van der Waals surface area contributed by atoms with Crippen LogP contribution in [-0.2, 0) is 11.2 Å². The van der Waals surface area contributed by atoms with E-state index in [9.17, 15) is 4.79 Å². The molecule has 0 aliphatic carbocycles. The van der Waals surface area contributed by atoms with Crippen LogP contribution in [0, 0.1) is 0 Å². The van der Waals surface area contributed by atoms with E-state index in [0.717, 1.165) is 45.2 Å². The third kappa shape index (κ3) is 4.16. The molecule has 4 aromatic rings. The van der Waals surface area contributed by atoms with Crippen molar-refractivity contribution < 1.29 is 9.53 Å². The molecule has 0 bridgehead atoms. The quantitative estimate of drug-likeness (QED) is 0.441. The fourth-order valence-electron chi connectivity index (χ4n) is 3.27. The minimum atomic E-state index is -0.0610. The van der Waals surface area contributed by atoms with E-state index in [2.05, 4.69) is 22.3 Å². The first kappa shape index (κ1) is 20.0. The van der Waals surface area contributed by atoms with Crippen molar-refractivity contribution in [2.24, 2.45) is 0 Å². The summed E-state index contributed by atoms with van der Waals surface area (Å²) in [5.41, 5.74) is 4.54. The van der Waals surface area contributed by atoms with Crippen molar-refractivity contribution in [2.75, 3.05) is 18.2 Å². The zero-order chi connectivity index (χ0) is 20.9. The summed E-state index contributed by atoms with van der Waals surface area (Å²) in [4.78, 5) is 17.0. The van der Waals surface area contributed by atoms with Gasteiger partial charge >= 0.3 is 0 Å². The summed E-state index contributed by atoms with van der Waals surface area (Å²) >= 11 is 1.39. The minimum Gasteiger partial charge on any atom is -0.496 e. The van der Waals surface area contributed by atoms with Crippen molar-refractivity contribution >= 4 is 28.9 Å². The van der Waals surface area contributed by atoms with Crippen LogP contribution in [0.1, 0.15) is 12.5 Å². The molecule has 4 rings (SSSR count). The van der Waals surface area contributed by atoms with Gasteiger partial charge in [0.05, 0.1) is 24.1 Å². The van der Waals surface area contributed by atoms with Crippen LogP contribution in [0.25, 0.3) is 16.8 Å². The van der Waals surface area contributed by atoms with Gasteiger partial charge in [-0.15, -0.1) is 0 Å². The number of thioether (sulfide) groups is 1. The third-order valence-corrected chi connectivity index (χ3v) is 5.74. The van der Waals surface area contributed by atoms with Gasteiger partial charge in [0.15, 0.2) is 0 Å². The van der Waals surface area contributed by atoms with Crippen LogP contribution in [0.5, 0.6) is 5.75 Å². The summed E-state index contributed by atoms with van der Waals surface area (Å²) in [5.74, 6) is 0.964. The Morgan fingerprint density at radius 2 is 1.97 bits per heavy atom. The van der Waals surface area contributed by atoms with Gasteiger partial charge in [0.25, 0.3) is 0 Å². The number of anilines is 1. The highest BCUT2D eigenvalue weighted by Gasteiger charge is 2.14. The average Bonchev–Trinajstić information content (AvgIpc) is 3.23. The highest BCUT2D eigenvalue weighted by molar-refractivity contribution is 8.00. The number of benzene rings is 2. The van der Waals surface area contributed by atoms with E-state index < -0.39 is 0 Å². The van der Waals surface area contributed by atoms with Gasteiger partial charge < -0.3 is 10.1 Å². The molecular formula is C23H22N4O2S. The number of para-hydroxylation sites is 2. The molecule has 0 fully saturated rings. The van der Waals surface area contributed by atoms with Crippen LogP contribution in [0.4, 0.5) is 5.69 Å². The number of methoxy groups -OCH3 is 1. The Labute approximate surface area is 179 Å². The number of amides is 1. The molecule has 1 N–H and O–H groups in total. The van der Waals surface area contributed by atoms with Crippen molar-refractivity contribution in [1.29, 1.82) is 0 Å². The Bertz CT molecular complexity index is 1190. The Hall–Kier alpha value is -3.32. The third-order valence-electron chi connectivity index (χ3n) is 4.75. The number of rotatable bonds is 7. The Balaban J connectivity index is 1.53. The normalized spacial score (nSPS) is 10.9. The summed E-state index contributed by atoms with van der Waals surface area (Å²) in [7, 11) is 1.65. The molecule has 152 valence electrons. The Morgan fingerprint density at radius 1 is 1.17 bits per heavy atom. The van der Waals surface area contributed by atoms with Gasteiger partial charge in [-0.3, -0.25) is 4.79 Å². The first-order chi connectivity index (χ1) is 14.7. The molecule has 6 nitrogen and oxygen atoms in total. The van der Waals surface area contributed by atoms with Crippen molar-refractivity contribution in [2.45, 2.75) is 18.4 Å². The predicted molar refractivity (Wildman–Crippen MR) is 120 cm³/mol. The lowest BCUT2D eigenvalue weighted by Gasteiger charge is -2.09. The van der Waals surface area contributed by atoms with Gasteiger partial charge in [-0.2, -0.15) is 5.10 Å². The summed E-state index contributed by atoms with van der Waals surface area (Å²) in [6.07, 6.45) is 4.36. The van der Waals surface area contributed by atoms with Gasteiger partial charge in [0, 0.05) is 23.6 Å². The molecule has 2 heterocycles. The first-order valence-electron chi connectivity index (χ1n) is 9.68. The molecule has 0 atom stereocenters. The summed E-state index contributed by atoms with van der Waals surface area (Å²) in [6.45, 7) is 2.07. The minimum absolute atomic E-state index is 0.0610. The second-order valence-electron chi connectivity index (χ2n) is 6.64. The maximum atomic E-state index is 12.5. The van der Waals surface area contributed by atoms with Crippen molar-refractivity contribution in [3.8, 4) is 17.0 Å². The average molecular weight is 419 g/mol. The number of hydrogen-bond acceptors (Lipinski definition) is 5. The van der Waals surface area contributed by atoms with Crippen LogP contribution in [0.2, 0.25) is 0 Å². The van der Waals surface area contributed by atoms with E-state index in [0.29, 0.717) is 0 Å². The highest BCUT2D eigenvalue weighted by atomic mass is 32.2. The first-order valence-corrected chi connectivity index (χ1v) is 10.7. The largest absolute Gasteiger partial charge is 0.496 e. The fourth-order valence-corrected chi connectivity index (χ4v) is 4.04. The molecule has 0 unspecified atom stereocenters. The molecule has 2 aromatic heterocycles. The van der Waals surface area contributed by atoms with Crippen molar-refractivity contribution in [3.05, 3.63) is 72.6 Å². The maximum Gasteiger partial charge on any atom is 0.234 e. The molecule has 1 amide bonds. The molecule has 0 radical (unpaired) electrons. The Morgan fingerprint density at radius 3 is 2.80 bits per heavy atom. The van der Waals surface area contributed by atoms with Crippen LogP contribution >= 0.6 is 11.8 Å². The van der Waals surface area contributed by atoms with Gasteiger partial charge in [0.2, 0.25) is 5.91 Å². The van der Waals surface area contributed by atoms with Crippen molar-refractivity contribution in [1.82, 2.24) is 14.6 Å². The highest BCUT2D eigenvalue weighted by Crippen LogP contribution is 2.31. The number of carbonyl (C=O) groups is 1. The SMILES string of the molecule is CCc1ccccc1NC(=O)CSc1nccn2nc(-c3ccccc3OC)cc12. The molecule has 0 aliphatic heterocycles. The van der Waals surface area contributed by atoms with E-state index >= 15 is 0 Å². The van der Waals surface area contributed by atoms with E-state index in [4.69, 9.17) is 4.74 Å². The predicted octanol–water partition coefficient (Wildman–Crippen LogP) is 4.70. The molecule has 0 spiro atoms. The number of aromatic nitrogens is 3. The zero-order valence-electron chi connectivity index (χ0n) is 16.8. The fraction of sp³-hybridized carbons (Fsp3) is 0.174. The van der Waals surface area contributed by atoms with E-state index in [1.54, 1.807) is 24.0 Å². The van der Waals surface area contributed by atoms with Gasteiger partial charge in [0.1, 0.15) is 10.8 Å². The van der Waals surface area contributed by atoms with Crippen LogP contribution < -0.4 is 10.1 Å². The lowest BCUT2D eigenvalue weighted by molar-refractivity contribution is -0.113. The number of nitrogens with zero attached hydrogens (tertiary/aromatic N) is 3.